The van der Waals surface area contributed by atoms with Crippen LogP contribution in [0.3, 0.4) is 0 Å². The quantitative estimate of drug-likeness (QED) is 0.767. The van der Waals surface area contributed by atoms with Crippen LogP contribution >= 0.6 is 22.9 Å². The number of hydrogen-bond donors (Lipinski definition) is 0. The molecule has 0 spiro atoms. The summed E-state index contributed by atoms with van der Waals surface area (Å²) in [6.07, 6.45) is -1.26. The van der Waals surface area contributed by atoms with Crippen molar-refractivity contribution in [3.8, 4) is 10.6 Å². The van der Waals surface area contributed by atoms with E-state index in [-0.39, 0.29) is 5.92 Å². The first-order valence-corrected chi connectivity index (χ1v) is 7.13. The lowest BCUT2D eigenvalue weighted by molar-refractivity contribution is -0.137. The van der Waals surface area contributed by atoms with E-state index in [4.69, 9.17) is 11.6 Å². The molecule has 0 saturated heterocycles. The topological polar surface area (TPSA) is 38.7 Å². The Morgan fingerprint density at radius 1 is 1.30 bits per heavy atom. The molecule has 3 rings (SSSR count). The van der Waals surface area contributed by atoms with E-state index in [1.54, 1.807) is 6.92 Å². The van der Waals surface area contributed by atoms with E-state index in [1.807, 2.05) is 0 Å². The summed E-state index contributed by atoms with van der Waals surface area (Å²) in [5, 5.41) is -0.589. The van der Waals surface area contributed by atoms with Gasteiger partial charge in [-0.2, -0.15) is 13.2 Å². The highest BCUT2D eigenvalue weighted by molar-refractivity contribution is 7.15. The normalized spacial score (nSPS) is 15.7. The number of alkyl halides is 3. The third kappa shape index (κ3) is 2.52. The molecular weight excluding hydrogens is 311 g/mol. The van der Waals surface area contributed by atoms with Crippen LogP contribution in [0, 0.1) is 6.92 Å². The molecule has 0 N–H and O–H groups in total. The summed E-state index contributed by atoms with van der Waals surface area (Å²) in [5.41, 5.74) is 1.02. The molecule has 1 fully saturated rings. The van der Waals surface area contributed by atoms with E-state index in [0.717, 1.165) is 12.8 Å². The van der Waals surface area contributed by atoms with Crippen LogP contribution in [0.2, 0.25) is 5.15 Å². The Morgan fingerprint density at radius 3 is 2.55 bits per heavy atom. The van der Waals surface area contributed by atoms with E-state index < -0.39 is 11.2 Å². The standard InChI is InChI=1S/C12H9ClF3N3S/c1-5-8(7-4-17-11(20-7)12(14,15)16)18-10(6-2-3-6)19-9(5)13/h4,6H,2-3H2,1H3. The lowest BCUT2D eigenvalue weighted by atomic mass is 10.2. The van der Waals surface area contributed by atoms with Gasteiger partial charge in [-0.1, -0.05) is 11.6 Å². The predicted molar refractivity (Wildman–Crippen MR) is 69.9 cm³/mol. The smallest absolute Gasteiger partial charge is 0.240 e. The van der Waals surface area contributed by atoms with E-state index in [2.05, 4.69) is 15.0 Å². The molecule has 0 aromatic carbocycles. The first-order valence-electron chi connectivity index (χ1n) is 5.93. The van der Waals surface area contributed by atoms with Crippen LogP contribution in [0.4, 0.5) is 13.2 Å². The van der Waals surface area contributed by atoms with Crippen molar-refractivity contribution in [3.63, 3.8) is 0 Å². The number of hydrogen-bond acceptors (Lipinski definition) is 4. The Morgan fingerprint density at radius 2 is 2.00 bits per heavy atom. The summed E-state index contributed by atoms with van der Waals surface area (Å²) in [5.74, 6) is 0.888. The van der Waals surface area contributed by atoms with Crippen molar-refractivity contribution >= 4 is 22.9 Å². The zero-order chi connectivity index (χ0) is 14.5. The second-order valence-electron chi connectivity index (χ2n) is 4.65. The molecular formula is C12H9ClF3N3S. The molecule has 106 valence electrons. The maximum absolute atomic E-state index is 12.6. The maximum Gasteiger partial charge on any atom is 0.443 e. The zero-order valence-corrected chi connectivity index (χ0v) is 11.9. The van der Waals surface area contributed by atoms with Gasteiger partial charge in [-0.05, 0) is 19.8 Å². The minimum atomic E-state index is -4.44. The summed E-state index contributed by atoms with van der Waals surface area (Å²) >= 11 is 6.62. The van der Waals surface area contributed by atoms with Crippen LogP contribution in [-0.4, -0.2) is 15.0 Å². The van der Waals surface area contributed by atoms with Crippen molar-refractivity contribution in [2.24, 2.45) is 0 Å². The van der Waals surface area contributed by atoms with Crippen LogP contribution in [0.1, 0.15) is 35.2 Å². The van der Waals surface area contributed by atoms with Crippen LogP contribution < -0.4 is 0 Å². The summed E-state index contributed by atoms with van der Waals surface area (Å²) in [6.45, 7) is 1.70. The fourth-order valence-corrected chi connectivity index (χ4v) is 2.79. The van der Waals surface area contributed by atoms with Gasteiger partial charge in [0.2, 0.25) is 0 Å². The van der Waals surface area contributed by atoms with Crippen molar-refractivity contribution in [2.45, 2.75) is 31.9 Å². The largest absolute Gasteiger partial charge is 0.443 e. The molecule has 0 radical (unpaired) electrons. The molecule has 2 aromatic heterocycles. The van der Waals surface area contributed by atoms with Gasteiger partial charge >= 0.3 is 6.18 Å². The number of thiazole rings is 1. The van der Waals surface area contributed by atoms with Crippen LogP contribution in [0.25, 0.3) is 10.6 Å². The van der Waals surface area contributed by atoms with Crippen molar-refractivity contribution in [1.82, 2.24) is 15.0 Å². The second kappa shape index (κ2) is 4.66. The molecule has 3 nitrogen and oxygen atoms in total. The lowest BCUT2D eigenvalue weighted by Crippen LogP contribution is -2.02. The fraction of sp³-hybridized carbons (Fsp3) is 0.417. The van der Waals surface area contributed by atoms with Gasteiger partial charge in [0.05, 0.1) is 10.6 Å². The second-order valence-corrected chi connectivity index (χ2v) is 6.04. The zero-order valence-electron chi connectivity index (χ0n) is 10.3. The van der Waals surface area contributed by atoms with Gasteiger partial charge in [-0.25, -0.2) is 15.0 Å². The Hall–Kier alpha value is -1.21. The van der Waals surface area contributed by atoms with Gasteiger partial charge in [0.1, 0.15) is 11.0 Å². The van der Waals surface area contributed by atoms with Crippen LogP contribution in [0.5, 0.6) is 0 Å². The monoisotopic (exact) mass is 319 g/mol. The summed E-state index contributed by atoms with van der Waals surface area (Å²) < 4.78 is 37.8. The summed E-state index contributed by atoms with van der Waals surface area (Å²) in [7, 11) is 0. The molecule has 0 atom stereocenters. The Kier molecular flexibility index (Phi) is 3.21. The number of aromatic nitrogens is 3. The van der Waals surface area contributed by atoms with Gasteiger partial charge in [0.25, 0.3) is 0 Å². The number of rotatable bonds is 2. The Balaban J connectivity index is 2.07. The van der Waals surface area contributed by atoms with E-state index >= 15 is 0 Å². The average molecular weight is 320 g/mol. The molecule has 0 bridgehead atoms. The van der Waals surface area contributed by atoms with Gasteiger partial charge < -0.3 is 0 Å². The molecule has 0 unspecified atom stereocenters. The van der Waals surface area contributed by atoms with E-state index in [0.29, 0.717) is 38.4 Å². The van der Waals surface area contributed by atoms with Crippen molar-refractivity contribution in [3.05, 3.63) is 27.7 Å². The van der Waals surface area contributed by atoms with Crippen molar-refractivity contribution < 1.29 is 13.2 Å². The average Bonchev–Trinajstić information content (AvgIpc) is 3.08. The van der Waals surface area contributed by atoms with Crippen molar-refractivity contribution in [2.75, 3.05) is 0 Å². The molecule has 2 heterocycles. The van der Waals surface area contributed by atoms with Gasteiger partial charge in [0.15, 0.2) is 5.01 Å². The number of halogens is 4. The fourth-order valence-electron chi connectivity index (χ4n) is 1.78. The van der Waals surface area contributed by atoms with Crippen LogP contribution in [0.15, 0.2) is 6.20 Å². The molecule has 2 aromatic rings. The highest BCUT2D eigenvalue weighted by atomic mass is 35.5. The first kappa shape index (κ1) is 13.8. The first-order chi connectivity index (χ1) is 9.36. The predicted octanol–water partition coefficient (Wildman–Crippen LogP) is 4.46. The third-order valence-corrected chi connectivity index (χ3v) is 4.44. The lowest BCUT2D eigenvalue weighted by Gasteiger charge is -2.07. The molecule has 8 heteroatoms. The Labute approximate surface area is 121 Å². The maximum atomic E-state index is 12.6. The molecule has 1 aliphatic rings. The molecule has 0 aliphatic heterocycles. The minimum absolute atomic E-state index is 0.279. The molecule has 0 amide bonds. The Bertz CT molecular complexity index is 664. The summed E-state index contributed by atoms with van der Waals surface area (Å²) in [4.78, 5) is 12.3. The van der Waals surface area contributed by atoms with Gasteiger partial charge in [-0.15, -0.1) is 11.3 Å². The van der Waals surface area contributed by atoms with Gasteiger partial charge in [0, 0.05) is 17.7 Å². The number of nitrogens with zero attached hydrogens (tertiary/aromatic N) is 3. The van der Waals surface area contributed by atoms with E-state index in [9.17, 15) is 13.2 Å². The van der Waals surface area contributed by atoms with Crippen LogP contribution in [-0.2, 0) is 6.18 Å². The molecule has 1 aliphatic carbocycles. The van der Waals surface area contributed by atoms with E-state index in [1.165, 1.54) is 6.20 Å². The minimum Gasteiger partial charge on any atom is -0.240 e. The third-order valence-electron chi connectivity index (χ3n) is 3.03. The highest BCUT2D eigenvalue weighted by Crippen LogP contribution is 2.41. The van der Waals surface area contributed by atoms with Crippen molar-refractivity contribution in [1.29, 1.82) is 0 Å². The molecule has 1 saturated carbocycles. The summed E-state index contributed by atoms with van der Waals surface area (Å²) in [6, 6.07) is 0. The molecule has 20 heavy (non-hydrogen) atoms. The SMILES string of the molecule is Cc1c(Cl)nc(C2CC2)nc1-c1cnc(C(F)(F)F)s1. The highest BCUT2D eigenvalue weighted by Gasteiger charge is 2.35. The van der Waals surface area contributed by atoms with Gasteiger partial charge in [-0.3, -0.25) is 0 Å².